The molecule has 2 aliphatic carbocycles. The summed E-state index contributed by atoms with van der Waals surface area (Å²) in [7, 11) is 0. The van der Waals surface area contributed by atoms with Gasteiger partial charge in [-0.25, -0.2) is 0 Å². The van der Waals surface area contributed by atoms with Crippen molar-refractivity contribution in [3.05, 3.63) is 59.7 Å². The molecule has 4 rings (SSSR count). The average molecular weight is 449 g/mol. The van der Waals surface area contributed by atoms with Crippen molar-refractivity contribution in [1.82, 2.24) is 0 Å². The molecule has 0 heterocycles. The van der Waals surface area contributed by atoms with Crippen LogP contribution in [-0.4, -0.2) is 6.67 Å². The first kappa shape index (κ1) is 24.5. The van der Waals surface area contributed by atoms with Crippen molar-refractivity contribution in [3.63, 3.8) is 0 Å². The maximum atomic E-state index is 12.3. The Morgan fingerprint density at radius 3 is 1.82 bits per heavy atom. The zero-order valence-corrected chi connectivity index (χ0v) is 20.9. The minimum atomic E-state index is -0.202. The van der Waals surface area contributed by atoms with Crippen LogP contribution in [0.3, 0.4) is 0 Å². The summed E-state index contributed by atoms with van der Waals surface area (Å²) in [6.45, 7) is 2.13. The number of aryl methyl sites for hydroxylation is 1. The number of hydrogen-bond donors (Lipinski definition) is 0. The van der Waals surface area contributed by atoms with Crippen LogP contribution >= 0.6 is 0 Å². The van der Waals surface area contributed by atoms with E-state index in [1.165, 1.54) is 87.3 Å². The highest BCUT2D eigenvalue weighted by Gasteiger charge is 2.31. The van der Waals surface area contributed by atoms with E-state index in [0.717, 1.165) is 36.5 Å². The molecule has 0 unspecified atom stereocenters. The summed E-state index contributed by atoms with van der Waals surface area (Å²) in [4.78, 5) is 0. The molecule has 0 amide bonds. The number of halogens is 1. The van der Waals surface area contributed by atoms with Crippen LogP contribution in [0.25, 0.3) is 11.1 Å². The maximum absolute atomic E-state index is 12.3. The first-order chi connectivity index (χ1) is 16.3. The number of unbranched alkanes of at least 4 members (excludes halogenated alkanes) is 2. The lowest BCUT2D eigenvalue weighted by Gasteiger charge is -2.38. The zero-order chi connectivity index (χ0) is 22.9. The van der Waals surface area contributed by atoms with E-state index < -0.39 is 0 Å². The fourth-order valence-corrected chi connectivity index (χ4v) is 6.60. The van der Waals surface area contributed by atoms with Crippen LogP contribution in [0.2, 0.25) is 0 Å². The third-order valence-corrected chi connectivity index (χ3v) is 8.81. The quantitative estimate of drug-likeness (QED) is 0.317. The van der Waals surface area contributed by atoms with E-state index in [0.29, 0.717) is 6.42 Å². The van der Waals surface area contributed by atoms with Gasteiger partial charge >= 0.3 is 0 Å². The summed E-state index contributed by atoms with van der Waals surface area (Å²) in [5.41, 5.74) is 5.45. The van der Waals surface area contributed by atoms with Gasteiger partial charge in [-0.2, -0.15) is 0 Å². The molecule has 2 fully saturated rings. The molecule has 1 heteroatoms. The minimum Gasteiger partial charge on any atom is -0.251 e. The standard InChI is InChI=1S/C32H45F/c1-2-3-6-25-8-12-27(13-9-25)29-16-20-31(21-17-29)32-22-18-30(19-23-32)28-14-10-26(11-15-28)7-4-5-24-33/h10-11,14-15,18-19,22-23,25,27,29,31H,2-9,12-13,16-17,20-21,24H2,1H3. The van der Waals surface area contributed by atoms with E-state index in [4.69, 9.17) is 0 Å². The number of hydrogen-bond acceptors (Lipinski definition) is 0. The van der Waals surface area contributed by atoms with Crippen molar-refractivity contribution in [1.29, 1.82) is 0 Å². The molecule has 0 nitrogen and oxygen atoms in total. The Hall–Kier alpha value is -1.63. The Balaban J connectivity index is 1.24. The second kappa shape index (κ2) is 12.7. The molecule has 2 saturated carbocycles. The lowest BCUT2D eigenvalue weighted by molar-refractivity contribution is 0.156. The van der Waals surface area contributed by atoms with E-state index in [1.807, 2.05) is 0 Å². The van der Waals surface area contributed by atoms with Gasteiger partial charge in [-0.1, -0.05) is 87.6 Å². The molecule has 2 aromatic carbocycles. The van der Waals surface area contributed by atoms with E-state index in [2.05, 4.69) is 55.5 Å². The van der Waals surface area contributed by atoms with E-state index >= 15 is 0 Å². The first-order valence-corrected chi connectivity index (χ1v) is 14.0. The summed E-state index contributed by atoms with van der Waals surface area (Å²) >= 11 is 0. The Labute approximate surface area is 202 Å². The highest BCUT2D eigenvalue weighted by atomic mass is 19.1. The van der Waals surface area contributed by atoms with Gasteiger partial charge in [-0.3, -0.25) is 4.39 Å². The molecular weight excluding hydrogens is 403 g/mol. The molecule has 0 aliphatic heterocycles. The Kier molecular flexibility index (Phi) is 9.45. The number of alkyl halides is 1. The Morgan fingerprint density at radius 2 is 1.24 bits per heavy atom. The van der Waals surface area contributed by atoms with Crippen LogP contribution in [0.5, 0.6) is 0 Å². The van der Waals surface area contributed by atoms with Crippen LogP contribution < -0.4 is 0 Å². The first-order valence-electron chi connectivity index (χ1n) is 14.0. The fourth-order valence-electron chi connectivity index (χ4n) is 6.60. The van der Waals surface area contributed by atoms with Gasteiger partial charge in [0.05, 0.1) is 6.67 Å². The Morgan fingerprint density at radius 1 is 0.667 bits per heavy atom. The predicted molar refractivity (Wildman–Crippen MR) is 140 cm³/mol. The summed E-state index contributed by atoms with van der Waals surface area (Å²) in [5, 5.41) is 0. The van der Waals surface area contributed by atoms with Gasteiger partial charge in [0.1, 0.15) is 0 Å². The zero-order valence-electron chi connectivity index (χ0n) is 20.9. The topological polar surface area (TPSA) is 0 Å². The third-order valence-electron chi connectivity index (χ3n) is 8.81. The smallest absolute Gasteiger partial charge is 0.0894 e. The van der Waals surface area contributed by atoms with Crippen molar-refractivity contribution >= 4 is 0 Å². The maximum Gasteiger partial charge on any atom is 0.0894 e. The summed E-state index contributed by atoms with van der Waals surface area (Å²) in [6.07, 6.45) is 18.5. The number of rotatable bonds is 10. The SMILES string of the molecule is CCCCC1CCC(C2CCC(c3ccc(-c4ccc(CCCCF)cc4)cc3)CC2)CC1. The van der Waals surface area contributed by atoms with Gasteiger partial charge in [0, 0.05) is 0 Å². The summed E-state index contributed by atoms with van der Waals surface area (Å²) in [6, 6.07) is 18.3. The van der Waals surface area contributed by atoms with Crippen LogP contribution in [0.15, 0.2) is 48.5 Å². The molecule has 2 aliphatic rings. The number of benzene rings is 2. The van der Waals surface area contributed by atoms with Gasteiger partial charge in [0.15, 0.2) is 0 Å². The van der Waals surface area contributed by atoms with Gasteiger partial charge in [0.2, 0.25) is 0 Å². The van der Waals surface area contributed by atoms with Crippen LogP contribution in [0, 0.1) is 17.8 Å². The molecule has 0 radical (unpaired) electrons. The summed E-state index contributed by atoms with van der Waals surface area (Å²) in [5.74, 6) is 3.81. The van der Waals surface area contributed by atoms with Crippen LogP contribution in [-0.2, 0) is 6.42 Å². The normalized spacial score (nSPS) is 25.8. The molecule has 0 spiro atoms. The average Bonchev–Trinajstić information content (AvgIpc) is 2.89. The second-order valence-electron chi connectivity index (χ2n) is 11.0. The molecule has 0 saturated heterocycles. The van der Waals surface area contributed by atoms with Gasteiger partial charge in [-0.05, 0) is 104 Å². The largest absolute Gasteiger partial charge is 0.251 e. The predicted octanol–water partition coefficient (Wildman–Crippen LogP) is 9.92. The van der Waals surface area contributed by atoms with E-state index in [1.54, 1.807) is 5.56 Å². The van der Waals surface area contributed by atoms with E-state index in [9.17, 15) is 4.39 Å². The highest BCUT2D eigenvalue weighted by molar-refractivity contribution is 5.64. The van der Waals surface area contributed by atoms with Crippen LogP contribution in [0.4, 0.5) is 4.39 Å². The molecule has 2 aromatic rings. The van der Waals surface area contributed by atoms with Crippen molar-refractivity contribution in [2.24, 2.45) is 17.8 Å². The molecule has 180 valence electrons. The minimum absolute atomic E-state index is 0.202. The molecule has 33 heavy (non-hydrogen) atoms. The van der Waals surface area contributed by atoms with Crippen molar-refractivity contribution in [3.8, 4) is 11.1 Å². The van der Waals surface area contributed by atoms with E-state index in [-0.39, 0.29) is 6.67 Å². The Bertz CT molecular complexity index is 789. The van der Waals surface area contributed by atoms with Gasteiger partial charge in [0.25, 0.3) is 0 Å². The lowest BCUT2D eigenvalue weighted by atomic mass is 9.68. The molecule has 0 atom stereocenters. The van der Waals surface area contributed by atoms with Crippen molar-refractivity contribution in [2.45, 2.75) is 103 Å². The van der Waals surface area contributed by atoms with Crippen LogP contribution in [0.1, 0.15) is 107 Å². The molecule has 0 N–H and O–H groups in total. The van der Waals surface area contributed by atoms with Gasteiger partial charge < -0.3 is 0 Å². The van der Waals surface area contributed by atoms with Crippen molar-refractivity contribution < 1.29 is 4.39 Å². The van der Waals surface area contributed by atoms with Gasteiger partial charge in [-0.15, -0.1) is 0 Å². The summed E-state index contributed by atoms with van der Waals surface area (Å²) < 4.78 is 12.3. The molecule has 0 bridgehead atoms. The highest BCUT2D eigenvalue weighted by Crippen LogP contribution is 2.44. The molecular formula is C32H45F. The monoisotopic (exact) mass is 448 g/mol. The molecule has 0 aromatic heterocycles. The fraction of sp³-hybridized carbons (Fsp3) is 0.625. The third kappa shape index (κ3) is 6.93. The second-order valence-corrected chi connectivity index (χ2v) is 11.0. The van der Waals surface area contributed by atoms with Crippen molar-refractivity contribution in [2.75, 3.05) is 6.67 Å². The lowest BCUT2D eigenvalue weighted by Crippen LogP contribution is -2.25.